The number of aliphatic hydroxyl groups is 6. The quantitative estimate of drug-likeness (QED) is 0.112. The second-order valence-electron chi connectivity index (χ2n) is 8.43. The largest absolute Gasteiger partial charge is 0.391 e. The zero-order valence-corrected chi connectivity index (χ0v) is 20.5. The molecule has 6 atom stereocenters. The van der Waals surface area contributed by atoms with Crippen LogP contribution in [0.25, 0.3) is 0 Å². The molecule has 0 spiro atoms. The second kappa shape index (κ2) is 17.0. The average molecular weight is 489 g/mol. The molecule has 33 heavy (non-hydrogen) atoms. The van der Waals surface area contributed by atoms with Gasteiger partial charge in [-0.2, -0.15) is 0 Å². The van der Waals surface area contributed by atoms with Crippen molar-refractivity contribution in [3.63, 3.8) is 0 Å². The van der Waals surface area contributed by atoms with Crippen LogP contribution in [0, 0.1) is 0 Å². The van der Waals surface area contributed by atoms with Crippen molar-refractivity contribution >= 4 is 0 Å². The summed E-state index contributed by atoms with van der Waals surface area (Å²) in [5, 5.41) is 58.8. The van der Waals surface area contributed by atoms with E-state index in [1.165, 1.54) is 41.5 Å². The van der Waals surface area contributed by atoms with Crippen LogP contribution in [0.3, 0.4) is 0 Å². The summed E-state index contributed by atoms with van der Waals surface area (Å²) in [6, 6.07) is 0. The molecule has 0 amide bonds. The van der Waals surface area contributed by atoms with E-state index in [0.29, 0.717) is 0 Å². The third-order valence-corrected chi connectivity index (χ3v) is 3.71. The van der Waals surface area contributed by atoms with Crippen molar-refractivity contribution in [2.75, 3.05) is 39.6 Å². The number of ether oxygens (including phenoxy) is 6. The van der Waals surface area contributed by atoms with Gasteiger partial charge in [0.1, 0.15) is 0 Å². The molecule has 0 bridgehead atoms. The van der Waals surface area contributed by atoms with Gasteiger partial charge in [0.2, 0.25) is 12.6 Å². The molecule has 0 aromatic rings. The lowest BCUT2D eigenvalue weighted by molar-refractivity contribution is -0.430. The van der Waals surface area contributed by atoms with Crippen LogP contribution in [0.4, 0.5) is 0 Å². The Morgan fingerprint density at radius 2 is 0.636 bits per heavy atom. The highest BCUT2D eigenvalue weighted by Crippen LogP contribution is 2.31. The van der Waals surface area contributed by atoms with Gasteiger partial charge in [0.15, 0.2) is 0 Å². The third kappa shape index (κ3) is 14.5. The lowest BCUT2D eigenvalue weighted by Gasteiger charge is -2.44. The third-order valence-electron chi connectivity index (χ3n) is 3.71. The Morgan fingerprint density at radius 1 is 0.424 bits per heavy atom. The zero-order chi connectivity index (χ0) is 25.6. The molecule has 200 valence electrons. The molecule has 0 saturated carbocycles. The van der Waals surface area contributed by atoms with Crippen molar-refractivity contribution in [2.24, 2.45) is 0 Å². The van der Waals surface area contributed by atoms with E-state index < -0.39 is 55.0 Å². The second-order valence-corrected chi connectivity index (χ2v) is 8.43. The van der Waals surface area contributed by atoms with Crippen molar-refractivity contribution in [1.29, 1.82) is 0 Å². The molecule has 12 heteroatoms. The molecule has 12 nitrogen and oxygen atoms in total. The number of aliphatic hydroxyl groups excluding tert-OH is 6. The Bertz CT molecular complexity index is 404. The van der Waals surface area contributed by atoms with E-state index in [2.05, 4.69) is 0 Å². The Morgan fingerprint density at radius 3 is 0.818 bits per heavy atom. The van der Waals surface area contributed by atoms with Gasteiger partial charge in [0.05, 0.1) is 76.3 Å². The van der Waals surface area contributed by atoms with Crippen LogP contribution in [-0.2, 0) is 28.4 Å². The van der Waals surface area contributed by atoms with Crippen LogP contribution in [0.2, 0.25) is 0 Å². The smallest absolute Gasteiger partial charge is 0.273 e. The molecule has 6 unspecified atom stereocenters. The summed E-state index contributed by atoms with van der Waals surface area (Å²) in [6.07, 6.45) is -8.58. The van der Waals surface area contributed by atoms with E-state index in [9.17, 15) is 30.6 Å². The van der Waals surface area contributed by atoms with Gasteiger partial charge in [0, 0.05) is 0 Å². The number of hydrogen-bond donors (Lipinski definition) is 6. The fraction of sp³-hybridized carbons (Fsp3) is 1.00. The minimum absolute atomic E-state index is 0.234. The van der Waals surface area contributed by atoms with Crippen LogP contribution in [-0.4, -0.2) is 125 Å². The molecule has 0 fully saturated rings. The maximum atomic E-state index is 9.88. The van der Waals surface area contributed by atoms with E-state index in [1.807, 2.05) is 0 Å². The predicted octanol–water partition coefficient (Wildman–Crippen LogP) is -1.28. The molecular weight excluding hydrogens is 444 g/mol. The Balaban J connectivity index is 6.41. The molecule has 0 saturated heterocycles. The average Bonchev–Trinajstić information content (AvgIpc) is 2.68. The maximum absolute atomic E-state index is 9.88. The number of hydrogen-bond acceptors (Lipinski definition) is 12. The molecule has 0 heterocycles. The SMILES string of the molecule is CC(O)COC(OCC(C)O)C(OCC(C)O)(OCC(C)O)C(OCC(C)O)OCC(C)O. The Kier molecular flexibility index (Phi) is 16.8. The van der Waals surface area contributed by atoms with Gasteiger partial charge in [-0.05, 0) is 41.5 Å². The molecule has 0 aliphatic heterocycles. The minimum Gasteiger partial charge on any atom is -0.391 e. The highest BCUT2D eigenvalue weighted by molar-refractivity contribution is 4.83. The summed E-state index contributed by atoms with van der Waals surface area (Å²) in [5.74, 6) is -2.11. The highest BCUT2D eigenvalue weighted by atomic mass is 16.8. The molecule has 0 radical (unpaired) electrons. The lowest BCUT2D eigenvalue weighted by Crippen LogP contribution is -2.62. The lowest BCUT2D eigenvalue weighted by atomic mass is 10.2. The molecule has 0 rings (SSSR count). The first-order valence-corrected chi connectivity index (χ1v) is 11.1. The number of rotatable bonds is 20. The maximum Gasteiger partial charge on any atom is 0.273 e. The summed E-state index contributed by atoms with van der Waals surface area (Å²) < 4.78 is 34.6. The van der Waals surface area contributed by atoms with Gasteiger partial charge in [-0.3, -0.25) is 0 Å². The van der Waals surface area contributed by atoms with Crippen LogP contribution in [0.1, 0.15) is 41.5 Å². The standard InChI is InChI=1S/C21H44O12/c1-13(22)7-28-19(29-8-14(2)23)21(32-11-17(5)26,33-12-18(6)27)20(30-9-15(3)24)31-10-16(4)25/h13-20,22-27H,7-12H2,1-6H3. The summed E-state index contributed by atoms with van der Waals surface area (Å²) in [4.78, 5) is 0. The minimum atomic E-state index is -2.11. The van der Waals surface area contributed by atoms with Crippen LogP contribution in [0.15, 0.2) is 0 Å². The Labute approximate surface area is 195 Å². The van der Waals surface area contributed by atoms with Gasteiger partial charge in [-0.1, -0.05) is 0 Å². The van der Waals surface area contributed by atoms with E-state index in [0.717, 1.165) is 0 Å². The van der Waals surface area contributed by atoms with Crippen molar-refractivity contribution in [3.05, 3.63) is 0 Å². The van der Waals surface area contributed by atoms with Gasteiger partial charge < -0.3 is 59.1 Å². The zero-order valence-electron chi connectivity index (χ0n) is 20.5. The molecule has 0 aromatic heterocycles. The molecule has 6 N–H and O–H groups in total. The van der Waals surface area contributed by atoms with Crippen molar-refractivity contribution in [1.82, 2.24) is 0 Å². The van der Waals surface area contributed by atoms with Crippen LogP contribution in [0.5, 0.6) is 0 Å². The van der Waals surface area contributed by atoms with Gasteiger partial charge in [-0.25, -0.2) is 0 Å². The summed E-state index contributed by atoms with van der Waals surface area (Å²) in [5.41, 5.74) is 0. The summed E-state index contributed by atoms with van der Waals surface area (Å²) >= 11 is 0. The van der Waals surface area contributed by atoms with E-state index in [1.54, 1.807) is 0 Å². The first-order chi connectivity index (χ1) is 15.3. The molecular formula is C21H44O12. The van der Waals surface area contributed by atoms with Crippen LogP contribution < -0.4 is 0 Å². The van der Waals surface area contributed by atoms with Gasteiger partial charge >= 0.3 is 0 Å². The van der Waals surface area contributed by atoms with Crippen molar-refractivity contribution in [2.45, 2.75) is 96.5 Å². The summed E-state index contributed by atoms with van der Waals surface area (Å²) in [6.45, 7) is 7.29. The van der Waals surface area contributed by atoms with Crippen molar-refractivity contribution < 1.29 is 59.1 Å². The molecule has 0 aliphatic rings. The van der Waals surface area contributed by atoms with E-state index in [-0.39, 0.29) is 39.6 Å². The fourth-order valence-corrected chi connectivity index (χ4v) is 2.39. The highest BCUT2D eigenvalue weighted by Gasteiger charge is 2.53. The fourth-order valence-electron chi connectivity index (χ4n) is 2.39. The topological polar surface area (TPSA) is 177 Å². The monoisotopic (exact) mass is 488 g/mol. The normalized spacial score (nSPS) is 21.5. The first kappa shape index (κ1) is 32.5. The van der Waals surface area contributed by atoms with Gasteiger partial charge in [-0.15, -0.1) is 0 Å². The Hall–Kier alpha value is -0.480. The first-order valence-electron chi connectivity index (χ1n) is 11.1. The van der Waals surface area contributed by atoms with Gasteiger partial charge in [0.25, 0.3) is 5.79 Å². The predicted molar refractivity (Wildman–Crippen MR) is 116 cm³/mol. The molecule has 0 aromatic carbocycles. The molecule has 0 aliphatic carbocycles. The summed E-state index contributed by atoms with van der Waals surface area (Å²) in [7, 11) is 0. The van der Waals surface area contributed by atoms with Crippen molar-refractivity contribution in [3.8, 4) is 0 Å². The van der Waals surface area contributed by atoms with E-state index >= 15 is 0 Å². The van der Waals surface area contributed by atoms with E-state index in [4.69, 9.17) is 28.4 Å². The van der Waals surface area contributed by atoms with Crippen LogP contribution >= 0.6 is 0 Å².